The van der Waals surface area contributed by atoms with E-state index in [2.05, 4.69) is 20.8 Å². The van der Waals surface area contributed by atoms with Crippen molar-refractivity contribution in [3.63, 3.8) is 0 Å². The third kappa shape index (κ3) is 5.55. The lowest BCUT2D eigenvalue weighted by atomic mass is 9.96. The fraction of sp³-hybridized carbons (Fsp3) is 0.438. The Morgan fingerprint density at radius 1 is 1.24 bits per heavy atom. The first kappa shape index (κ1) is 18.4. The fourth-order valence-corrected chi connectivity index (χ4v) is 2.10. The number of aromatic nitrogens is 4. The van der Waals surface area contributed by atoms with Gasteiger partial charge in [0.1, 0.15) is 12.3 Å². The van der Waals surface area contributed by atoms with E-state index in [0.717, 1.165) is 5.56 Å². The quantitative estimate of drug-likeness (QED) is 0.735. The number of ether oxygens (including phenoxy) is 1. The maximum absolute atomic E-state index is 12.1. The van der Waals surface area contributed by atoms with E-state index in [-0.39, 0.29) is 24.5 Å². The van der Waals surface area contributed by atoms with Crippen molar-refractivity contribution in [2.24, 2.45) is 5.73 Å². The number of nitrogens with zero attached hydrogens (tertiary/aromatic N) is 4. The number of hydrogen-bond donors (Lipinski definition) is 2. The van der Waals surface area contributed by atoms with Crippen LogP contribution in [0.1, 0.15) is 32.2 Å². The van der Waals surface area contributed by atoms with Crippen LogP contribution in [0.4, 0.5) is 0 Å². The summed E-state index contributed by atoms with van der Waals surface area (Å²) in [6.07, 6.45) is 0. The van der Waals surface area contributed by atoms with Gasteiger partial charge in [-0.3, -0.25) is 9.59 Å². The van der Waals surface area contributed by atoms with Gasteiger partial charge in [-0.05, 0) is 28.1 Å². The molecule has 2 aromatic rings. The summed E-state index contributed by atoms with van der Waals surface area (Å²) in [7, 11) is 0. The van der Waals surface area contributed by atoms with Gasteiger partial charge >= 0.3 is 0 Å². The predicted octanol–water partition coefficient (Wildman–Crippen LogP) is 0.151. The summed E-state index contributed by atoms with van der Waals surface area (Å²) in [6, 6.07) is 7.02. The third-order valence-electron chi connectivity index (χ3n) is 3.29. The fourth-order valence-electron chi connectivity index (χ4n) is 2.10. The normalized spacial score (nSPS) is 11.2. The minimum Gasteiger partial charge on any atom is -0.484 e. The molecule has 0 aliphatic heterocycles. The maximum atomic E-state index is 12.1. The van der Waals surface area contributed by atoms with Crippen LogP contribution in [0, 0.1) is 0 Å². The zero-order valence-corrected chi connectivity index (χ0v) is 14.5. The first-order chi connectivity index (χ1) is 11.8. The van der Waals surface area contributed by atoms with Crippen LogP contribution in [0.25, 0.3) is 0 Å². The van der Waals surface area contributed by atoms with Crippen LogP contribution < -0.4 is 15.8 Å². The number of carbonyl (C=O) groups excluding carboxylic acids is 2. The molecule has 9 nitrogen and oxygen atoms in total. The van der Waals surface area contributed by atoms with Gasteiger partial charge in [0.25, 0.3) is 5.91 Å². The zero-order chi connectivity index (χ0) is 18.4. The van der Waals surface area contributed by atoms with E-state index >= 15 is 0 Å². The number of primary amides is 1. The lowest BCUT2D eigenvalue weighted by molar-refractivity contribution is -0.122. The first-order valence-electron chi connectivity index (χ1n) is 7.79. The molecule has 0 saturated carbocycles. The number of nitrogens with two attached hydrogens (primary N) is 1. The second kappa shape index (κ2) is 7.73. The lowest BCUT2D eigenvalue weighted by Gasteiger charge is -2.16. The first-order valence-corrected chi connectivity index (χ1v) is 7.79. The van der Waals surface area contributed by atoms with Crippen LogP contribution in [0.15, 0.2) is 24.3 Å². The number of benzene rings is 1. The summed E-state index contributed by atoms with van der Waals surface area (Å²) in [6.45, 7) is 6.19. The Kier molecular flexibility index (Phi) is 5.68. The molecule has 9 heteroatoms. The van der Waals surface area contributed by atoms with Crippen molar-refractivity contribution in [1.29, 1.82) is 0 Å². The van der Waals surface area contributed by atoms with E-state index in [1.807, 2.05) is 20.8 Å². The second-order valence-electron chi connectivity index (χ2n) is 6.59. The van der Waals surface area contributed by atoms with Crippen LogP contribution in [-0.4, -0.2) is 38.6 Å². The molecule has 0 saturated heterocycles. The van der Waals surface area contributed by atoms with Crippen LogP contribution >= 0.6 is 0 Å². The average molecular weight is 346 g/mol. The van der Waals surface area contributed by atoms with Crippen molar-refractivity contribution >= 4 is 11.8 Å². The van der Waals surface area contributed by atoms with E-state index in [4.69, 9.17) is 10.5 Å². The highest BCUT2D eigenvalue weighted by molar-refractivity contribution is 5.76. The molecule has 1 aromatic carbocycles. The summed E-state index contributed by atoms with van der Waals surface area (Å²) in [5, 5.41) is 14.3. The maximum Gasteiger partial charge on any atom is 0.255 e. The van der Waals surface area contributed by atoms with E-state index in [1.165, 1.54) is 4.68 Å². The van der Waals surface area contributed by atoms with Crippen molar-refractivity contribution in [1.82, 2.24) is 25.5 Å². The highest BCUT2D eigenvalue weighted by Gasteiger charge is 2.22. The Balaban J connectivity index is 1.86. The van der Waals surface area contributed by atoms with Gasteiger partial charge in [-0.2, -0.15) is 0 Å². The number of rotatable bonds is 7. The lowest BCUT2D eigenvalue weighted by Crippen LogP contribution is -2.30. The molecule has 1 aromatic heterocycles. The molecule has 1 heterocycles. The van der Waals surface area contributed by atoms with Gasteiger partial charge in [-0.25, -0.2) is 4.68 Å². The highest BCUT2D eigenvalue weighted by Crippen LogP contribution is 2.18. The van der Waals surface area contributed by atoms with E-state index in [1.54, 1.807) is 24.3 Å². The minimum atomic E-state index is -0.534. The molecular weight excluding hydrogens is 324 g/mol. The number of hydrogen-bond acceptors (Lipinski definition) is 6. The van der Waals surface area contributed by atoms with E-state index in [0.29, 0.717) is 18.1 Å². The van der Waals surface area contributed by atoms with E-state index in [9.17, 15) is 9.59 Å². The molecule has 0 atom stereocenters. The Morgan fingerprint density at radius 2 is 1.92 bits per heavy atom. The smallest absolute Gasteiger partial charge is 0.255 e. The SMILES string of the molecule is CC(C)(C)c1nnnn1CC(=O)NCc1ccc(OCC(N)=O)cc1. The molecule has 3 N–H and O–H groups in total. The Hall–Kier alpha value is -2.97. The summed E-state index contributed by atoms with van der Waals surface area (Å²) in [5.41, 5.74) is 5.67. The van der Waals surface area contributed by atoms with Crippen molar-refractivity contribution < 1.29 is 14.3 Å². The molecule has 0 fully saturated rings. The highest BCUT2D eigenvalue weighted by atomic mass is 16.5. The second-order valence-corrected chi connectivity index (χ2v) is 6.59. The van der Waals surface area contributed by atoms with Gasteiger partial charge in [-0.15, -0.1) is 5.10 Å². The largest absolute Gasteiger partial charge is 0.484 e. The van der Waals surface area contributed by atoms with Gasteiger partial charge in [-0.1, -0.05) is 32.9 Å². The van der Waals surface area contributed by atoms with Crippen molar-refractivity contribution in [3.05, 3.63) is 35.7 Å². The third-order valence-corrected chi connectivity index (χ3v) is 3.29. The molecule has 0 spiro atoms. The van der Waals surface area contributed by atoms with Gasteiger partial charge in [0, 0.05) is 12.0 Å². The van der Waals surface area contributed by atoms with Crippen molar-refractivity contribution in [3.8, 4) is 5.75 Å². The van der Waals surface area contributed by atoms with Crippen molar-refractivity contribution in [2.75, 3.05) is 6.61 Å². The molecule has 0 unspecified atom stereocenters. The standard InChI is InChI=1S/C16H22N6O3/c1-16(2,3)15-19-20-21-22(15)9-14(24)18-8-11-4-6-12(7-5-11)25-10-13(17)23/h4-7H,8-10H2,1-3H3,(H2,17,23)(H,18,24). The summed E-state index contributed by atoms with van der Waals surface area (Å²) in [5.74, 6) is 0.469. The Labute approximate surface area is 145 Å². The molecule has 0 radical (unpaired) electrons. The summed E-state index contributed by atoms with van der Waals surface area (Å²) in [4.78, 5) is 22.8. The zero-order valence-electron chi connectivity index (χ0n) is 14.5. The minimum absolute atomic E-state index is 0.0550. The molecule has 25 heavy (non-hydrogen) atoms. The van der Waals surface area contributed by atoms with Crippen LogP contribution in [0.3, 0.4) is 0 Å². The molecule has 2 amide bonds. The Morgan fingerprint density at radius 3 is 2.52 bits per heavy atom. The van der Waals surface area contributed by atoms with Gasteiger partial charge < -0.3 is 15.8 Å². The monoisotopic (exact) mass is 346 g/mol. The van der Waals surface area contributed by atoms with Gasteiger partial charge in [0.15, 0.2) is 12.4 Å². The number of amides is 2. The Bertz CT molecular complexity index is 733. The van der Waals surface area contributed by atoms with Crippen LogP contribution in [0.2, 0.25) is 0 Å². The number of tetrazole rings is 1. The molecule has 0 aliphatic carbocycles. The number of nitrogens with one attached hydrogen (secondary N) is 1. The molecule has 134 valence electrons. The van der Waals surface area contributed by atoms with E-state index < -0.39 is 5.91 Å². The average Bonchev–Trinajstić information content (AvgIpc) is 3.00. The number of carbonyl (C=O) groups is 2. The van der Waals surface area contributed by atoms with Crippen LogP contribution in [-0.2, 0) is 28.1 Å². The van der Waals surface area contributed by atoms with Crippen molar-refractivity contribution in [2.45, 2.75) is 39.3 Å². The molecule has 2 rings (SSSR count). The molecule has 0 aliphatic rings. The predicted molar refractivity (Wildman–Crippen MR) is 89.5 cm³/mol. The molecular formula is C16H22N6O3. The topological polar surface area (TPSA) is 125 Å². The van der Waals surface area contributed by atoms with Gasteiger partial charge in [0.2, 0.25) is 5.91 Å². The summed E-state index contributed by atoms with van der Waals surface area (Å²) >= 11 is 0. The van der Waals surface area contributed by atoms with Gasteiger partial charge in [0.05, 0.1) is 0 Å². The summed E-state index contributed by atoms with van der Waals surface area (Å²) < 4.78 is 6.67. The molecule has 0 bridgehead atoms. The van der Waals surface area contributed by atoms with Crippen LogP contribution in [0.5, 0.6) is 5.75 Å².